The SMILES string of the molecule is CCn1c(=O)c2c(nc3n(Cc4ccc(OC)cc4)c(C)cn23)n(C)c1=O. The van der Waals surface area contributed by atoms with Crippen LogP contribution in [0.4, 0.5) is 0 Å². The van der Waals surface area contributed by atoms with Crippen molar-refractivity contribution in [3.8, 4) is 5.75 Å². The fourth-order valence-electron chi connectivity index (χ4n) is 3.44. The summed E-state index contributed by atoms with van der Waals surface area (Å²) in [6.45, 7) is 4.68. The molecule has 0 saturated heterocycles. The lowest BCUT2D eigenvalue weighted by molar-refractivity contribution is 0.414. The van der Waals surface area contributed by atoms with Gasteiger partial charge in [0.05, 0.1) is 13.7 Å². The number of hydrogen-bond donors (Lipinski definition) is 0. The third-order valence-corrected chi connectivity index (χ3v) is 4.96. The average Bonchev–Trinajstić information content (AvgIpc) is 3.17. The van der Waals surface area contributed by atoms with Gasteiger partial charge in [-0.2, -0.15) is 4.98 Å². The van der Waals surface area contributed by atoms with Crippen molar-refractivity contribution in [1.82, 2.24) is 23.1 Å². The third kappa shape index (κ3) is 2.48. The summed E-state index contributed by atoms with van der Waals surface area (Å²) in [7, 11) is 3.28. The molecule has 0 saturated carbocycles. The topological polar surface area (TPSA) is 75.5 Å². The molecule has 8 heteroatoms. The lowest BCUT2D eigenvalue weighted by Gasteiger charge is -2.07. The maximum Gasteiger partial charge on any atom is 0.332 e. The summed E-state index contributed by atoms with van der Waals surface area (Å²) in [6.07, 6.45) is 1.89. The van der Waals surface area contributed by atoms with Crippen LogP contribution in [0.3, 0.4) is 0 Å². The van der Waals surface area contributed by atoms with Gasteiger partial charge < -0.3 is 9.30 Å². The lowest BCUT2D eigenvalue weighted by atomic mass is 10.2. The Morgan fingerprint density at radius 1 is 1.11 bits per heavy atom. The van der Waals surface area contributed by atoms with E-state index in [-0.39, 0.29) is 11.2 Å². The molecule has 0 fully saturated rings. The van der Waals surface area contributed by atoms with Crippen molar-refractivity contribution in [2.45, 2.75) is 26.9 Å². The molecule has 4 rings (SSSR count). The van der Waals surface area contributed by atoms with E-state index in [9.17, 15) is 9.59 Å². The summed E-state index contributed by atoms with van der Waals surface area (Å²) in [4.78, 5) is 29.8. The summed E-state index contributed by atoms with van der Waals surface area (Å²) in [6, 6.07) is 7.82. The molecule has 140 valence electrons. The van der Waals surface area contributed by atoms with Gasteiger partial charge in [0, 0.05) is 25.5 Å². The molecule has 3 aromatic heterocycles. The Balaban J connectivity index is 1.95. The second-order valence-corrected chi connectivity index (χ2v) is 6.55. The molecule has 0 aliphatic carbocycles. The van der Waals surface area contributed by atoms with Crippen LogP contribution in [0.5, 0.6) is 5.75 Å². The van der Waals surface area contributed by atoms with Gasteiger partial charge in [-0.25, -0.2) is 4.79 Å². The Labute approximate surface area is 154 Å². The van der Waals surface area contributed by atoms with Gasteiger partial charge in [0.2, 0.25) is 5.78 Å². The minimum atomic E-state index is -0.353. The fourth-order valence-corrected chi connectivity index (χ4v) is 3.44. The predicted octanol–water partition coefficient (Wildman–Crippen LogP) is 1.53. The molecule has 27 heavy (non-hydrogen) atoms. The zero-order valence-corrected chi connectivity index (χ0v) is 15.8. The van der Waals surface area contributed by atoms with Crippen molar-refractivity contribution in [2.75, 3.05) is 7.11 Å². The zero-order valence-electron chi connectivity index (χ0n) is 15.8. The highest BCUT2D eigenvalue weighted by atomic mass is 16.5. The van der Waals surface area contributed by atoms with Crippen molar-refractivity contribution < 1.29 is 4.74 Å². The quantitative estimate of drug-likeness (QED) is 0.548. The van der Waals surface area contributed by atoms with Crippen molar-refractivity contribution in [3.63, 3.8) is 0 Å². The Morgan fingerprint density at radius 2 is 1.81 bits per heavy atom. The average molecular weight is 367 g/mol. The van der Waals surface area contributed by atoms with Crippen LogP contribution in [0.2, 0.25) is 0 Å². The smallest absolute Gasteiger partial charge is 0.332 e. The van der Waals surface area contributed by atoms with E-state index in [2.05, 4.69) is 4.98 Å². The number of hydrogen-bond acceptors (Lipinski definition) is 4. The Hall–Kier alpha value is -3.29. The highest BCUT2D eigenvalue weighted by Gasteiger charge is 2.19. The van der Waals surface area contributed by atoms with Crippen LogP contribution in [0, 0.1) is 6.92 Å². The summed E-state index contributed by atoms with van der Waals surface area (Å²) in [5.41, 5.74) is 2.22. The molecule has 0 aliphatic heterocycles. The predicted molar refractivity (Wildman–Crippen MR) is 103 cm³/mol. The van der Waals surface area contributed by atoms with E-state index in [1.54, 1.807) is 25.5 Å². The Bertz CT molecular complexity index is 1270. The van der Waals surface area contributed by atoms with Crippen LogP contribution in [0.1, 0.15) is 18.2 Å². The summed E-state index contributed by atoms with van der Waals surface area (Å²) < 4.78 is 11.7. The number of aromatic nitrogens is 5. The fraction of sp³-hybridized carbons (Fsp3) is 0.316. The molecule has 0 spiro atoms. The lowest BCUT2D eigenvalue weighted by Crippen LogP contribution is -2.38. The number of benzene rings is 1. The molecule has 0 aliphatic rings. The molecular formula is C19H21N5O3. The van der Waals surface area contributed by atoms with Crippen molar-refractivity contribution >= 4 is 16.9 Å². The highest BCUT2D eigenvalue weighted by molar-refractivity contribution is 5.75. The molecule has 1 aromatic carbocycles. The number of ether oxygens (including phenoxy) is 1. The zero-order chi connectivity index (χ0) is 19.3. The van der Waals surface area contributed by atoms with E-state index in [4.69, 9.17) is 4.74 Å². The number of rotatable bonds is 4. The number of fused-ring (bicyclic) bond motifs is 3. The molecule has 0 radical (unpaired) electrons. The summed E-state index contributed by atoms with van der Waals surface area (Å²) >= 11 is 0. The standard InChI is InChI=1S/C19H21N5O3/c1-5-22-17(25)15-16(21(3)19(22)26)20-18-23(12(2)10-24(15)18)11-13-6-8-14(27-4)9-7-13/h6-10H,5,11H2,1-4H3. The van der Waals surface area contributed by atoms with Gasteiger partial charge >= 0.3 is 5.69 Å². The van der Waals surface area contributed by atoms with Crippen molar-refractivity contribution in [2.24, 2.45) is 7.05 Å². The molecule has 3 heterocycles. The van der Waals surface area contributed by atoms with Gasteiger partial charge in [0.1, 0.15) is 5.75 Å². The number of methoxy groups -OCH3 is 1. The van der Waals surface area contributed by atoms with Crippen LogP contribution >= 0.6 is 0 Å². The first-order chi connectivity index (χ1) is 13.0. The summed E-state index contributed by atoms with van der Waals surface area (Å²) in [5, 5.41) is 0. The number of nitrogens with zero attached hydrogens (tertiary/aromatic N) is 5. The number of aryl methyl sites for hydroxylation is 2. The van der Waals surface area contributed by atoms with E-state index in [1.165, 1.54) is 9.13 Å². The molecule has 4 aromatic rings. The van der Waals surface area contributed by atoms with Crippen LogP contribution in [0.25, 0.3) is 16.9 Å². The summed E-state index contributed by atoms with van der Waals surface area (Å²) in [5.74, 6) is 1.44. The maximum atomic E-state index is 12.8. The highest BCUT2D eigenvalue weighted by Crippen LogP contribution is 2.19. The second kappa shape index (κ2) is 6.15. The van der Waals surface area contributed by atoms with Gasteiger partial charge in [-0.15, -0.1) is 0 Å². The molecule has 0 atom stereocenters. The van der Waals surface area contributed by atoms with Gasteiger partial charge in [0.15, 0.2) is 11.2 Å². The normalized spacial score (nSPS) is 11.6. The van der Waals surface area contributed by atoms with Crippen molar-refractivity contribution in [3.05, 3.63) is 62.6 Å². The molecule has 0 unspecified atom stereocenters. The van der Waals surface area contributed by atoms with Crippen LogP contribution in [0.15, 0.2) is 40.1 Å². The van der Waals surface area contributed by atoms with E-state index in [0.717, 1.165) is 17.0 Å². The molecule has 0 bridgehead atoms. The largest absolute Gasteiger partial charge is 0.497 e. The van der Waals surface area contributed by atoms with Crippen LogP contribution < -0.4 is 16.0 Å². The van der Waals surface area contributed by atoms with Crippen LogP contribution in [-0.2, 0) is 20.1 Å². The van der Waals surface area contributed by atoms with Crippen LogP contribution in [-0.4, -0.2) is 30.2 Å². The second-order valence-electron chi connectivity index (χ2n) is 6.55. The van der Waals surface area contributed by atoms with Gasteiger partial charge in [-0.1, -0.05) is 12.1 Å². The first kappa shape index (κ1) is 17.1. The van der Waals surface area contributed by atoms with Gasteiger partial charge in [0.25, 0.3) is 5.56 Å². The Morgan fingerprint density at radius 3 is 2.44 bits per heavy atom. The maximum absolute atomic E-state index is 12.8. The van der Waals surface area contributed by atoms with Gasteiger partial charge in [-0.05, 0) is 31.5 Å². The minimum Gasteiger partial charge on any atom is -0.497 e. The van der Waals surface area contributed by atoms with Gasteiger partial charge in [-0.3, -0.25) is 18.3 Å². The van der Waals surface area contributed by atoms with E-state index < -0.39 is 0 Å². The number of imidazole rings is 2. The van der Waals surface area contributed by atoms with E-state index >= 15 is 0 Å². The molecule has 8 nitrogen and oxygen atoms in total. The molecular weight excluding hydrogens is 346 g/mol. The molecule has 0 N–H and O–H groups in total. The first-order valence-corrected chi connectivity index (χ1v) is 8.77. The Kier molecular flexibility index (Phi) is 3.91. The first-order valence-electron chi connectivity index (χ1n) is 8.77. The monoisotopic (exact) mass is 367 g/mol. The van der Waals surface area contributed by atoms with E-state index in [1.807, 2.05) is 42.0 Å². The third-order valence-electron chi connectivity index (χ3n) is 4.96. The minimum absolute atomic E-state index is 0.315. The van der Waals surface area contributed by atoms with Crippen molar-refractivity contribution in [1.29, 1.82) is 0 Å². The van der Waals surface area contributed by atoms with E-state index in [0.29, 0.717) is 30.0 Å². The molecule has 0 amide bonds.